The molecule has 0 aliphatic carbocycles. The van der Waals surface area contributed by atoms with E-state index in [-0.39, 0.29) is 0 Å². The summed E-state index contributed by atoms with van der Waals surface area (Å²) in [5.74, 6) is 0. The fourth-order valence-corrected chi connectivity index (χ4v) is 2.38. The molecule has 0 bridgehead atoms. The molecule has 0 aliphatic rings. The van der Waals surface area contributed by atoms with Crippen molar-refractivity contribution in [1.82, 2.24) is 0 Å². The van der Waals surface area contributed by atoms with Crippen LogP contribution in [0.1, 0.15) is 38.8 Å². The molecule has 0 atom stereocenters. The van der Waals surface area contributed by atoms with Gasteiger partial charge in [-0.05, 0) is 44.4 Å². The molecular formula is C20H28O2Si. The summed E-state index contributed by atoms with van der Waals surface area (Å²) in [5, 5.41) is 0. The summed E-state index contributed by atoms with van der Waals surface area (Å²) in [7, 11) is -0.684. The Morgan fingerprint density at radius 3 is 1.39 bits per heavy atom. The van der Waals surface area contributed by atoms with Crippen LogP contribution >= 0.6 is 0 Å². The van der Waals surface area contributed by atoms with E-state index < -0.39 is 10.0 Å². The molecule has 2 aromatic carbocycles. The van der Waals surface area contributed by atoms with E-state index in [0.717, 1.165) is 5.57 Å². The Kier molecular flexibility index (Phi) is 9.22. The molecule has 2 aromatic rings. The Labute approximate surface area is 143 Å². The fourth-order valence-electron chi connectivity index (χ4n) is 1.76. The molecule has 0 fully saturated rings. The predicted octanol–water partition coefficient (Wildman–Crippen LogP) is 4.58. The van der Waals surface area contributed by atoms with Crippen LogP contribution in [0.4, 0.5) is 0 Å². The maximum absolute atomic E-state index is 5.27. The molecule has 0 aliphatic heterocycles. The lowest BCUT2D eigenvalue weighted by atomic mass is 10.0. The van der Waals surface area contributed by atoms with Gasteiger partial charge in [-0.2, -0.15) is 0 Å². The van der Waals surface area contributed by atoms with E-state index in [2.05, 4.69) is 30.8 Å². The summed E-state index contributed by atoms with van der Waals surface area (Å²) < 4.78 is 10.5. The molecule has 23 heavy (non-hydrogen) atoms. The molecule has 0 saturated heterocycles. The summed E-state index contributed by atoms with van der Waals surface area (Å²) in [4.78, 5) is 0. The first-order valence-electron chi connectivity index (χ1n) is 8.03. The van der Waals surface area contributed by atoms with Crippen LogP contribution in [0.25, 0.3) is 5.57 Å². The zero-order valence-corrected chi connectivity index (χ0v) is 16.1. The van der Waals surface area contributed by atoms with E-state index >= 15 is 0 Å². The average Bonchev–Trinajstić information content (AvgIpc) is 2.56. The molecule has 0 unspecified atom stereocenters. The van der Waals surface area contributed by atoms with Gasteiger partial charge in [-0.25, -0.2) is 0 Å². The largest absolute Gasteiger partial charge is 0.396 e. The van der Waals surface area contributed by atoms with E-state index in [1.807, 2.05) is 64.1 Å². The van der Waals surface area contributed by atoms with E-state index in [0.29, 0.717) is 12.2 Å². The van der Waals surface area contributed by atoms with Crippen LogP contribution < -0.4 is 0 Å². The highest BCUT2D eigenvalue weighted by molar-refractivity contribution is 6.18. The first-order chi connectivity index (χ1) is 11.0. The normalized spacial score (nSPS) is 10.3. The Morgan fingerprint density at radius 2 is 1.09 bits per heavy atom. The predicted molar refractivity (Wildman–Crippen MR) is 102 cm³/mol. The van der Waals surface area contributed by atoms with Gasteiger partial charge in [0.1, 0.15) is 0 Å². The molecule has 2 nitrogen and oxygen atoms in total. The van der Waals surface area contributed by atoms with Crippen LogP contribution in [-0.2, 0) is 8.85 Å². The van der Waals surface area contributed by atoms with E-state index in [9.17, 15) is 0 Å². The van der Waals surface area contributed by atoms with Gasteiger partial charge < -0.3 is 8.85 Å². The summed E-state index contributed by atoms with van der Waals surface area (Å²) in [6, 6.07) is 20.5. The van der Waals surface area contributed by atoms with Crippen LogP contribution in [0.5, 0.6) is 0 Å². The third kappa shape index (κ3) is 8.50. The third-order valence-corrected chi connectivity index (χ3v) is 4.65. The lowest BCUT2D eigenvalue weighted by Gasteiger charge is -2.09. The molecule has 3 heteroatoms. The van der Waals surface area contributed by atoms with Gasteiger partial charge in [0.05, 0.1) is 0 Å². The van der Waals surface area contributed by atoms with Gasteiger partial charge in [0.25, 0.3) is 0 Å². The molecule has 0 N–H and O–H groups in total. The van der Waals surface area contributed by atoms with Gasteiger partial charge in [0.15, 0.2) is 0 Å². The molecule has 2 rings (SSSR count). The summed E-state index contributed by atoms with van der Waals surface area (Å²) in [6.07, 6.45) is 0.658. The average molecular weight is 329 g/mol. The van der Waals surface area contributed by atoms with Crippen LogP contribution in [-0.4, -0.2) is 22.2 Å². The van der Waals surface area contributed by atoms with E-state index in [4.69, 9.17) is 8.85 Å². The number of hydrogen-bond donors (Lipinski definition) is 0. The first kappa shape index (κ1) is 19.4. The second kappa shape index (κ2) is 10.9. The minimum Gasteiger partial charge on any atom is -0.396 e. The standard InChI is InChI=1S/C14H12.C6H16O2Si/c1-12(13-8-4-2-5-9-13)14-10-6-3-7-11-14;1-5(2)7-9-8-6(3)4/h2-11H,1H2;5-6H,9H2,1-4H3. The monoisotopic (exact) mass is 328 g/mol. The lowest BCUT2D eigenvalue weighted by Crippen LogP contribution is -2.14. The van der Waals surface area contributed by atoms with Crippen LogP contribution in [0.3, 0.4) is 0 Å². The molecule has 0 saturated carbocycles. The van der Waals surface area contributed by atoms with Crippen molar-refractivity contribution >= 4 is 15.6 Å². The minimum atomic E-state index is -0.684. The van der Waals surface area contributed by atoms with Crippen molar-refractivity contribution in [2.24, 2.45) is 0 Å². The molecule has 124 valence electrons. The summed E-state index contributed by atoms with van der Waals surface area (Å²) in [5.41, 5.74) is 3.43. The lowest BCUT2D eigenvalue weighted by molar-refractivity contribution is 0.152. The van der Waals surface area contributed by atoms with Crippen molar-refractivity contribution in [3.63, 3.8) is 0 Å². The van der Waals surface area contributed by atoms with Crippen LogP contribution in [0, 0.1) is 0 Å². The molecule has 0 spiro atoms. The Bertz CT molecular complexity index is 501. The van der Waals surface area contributed by atoms with Crippen molar-refractivity contribution in [3.05, 3.63) is 78.4 Å². The number of hydrogen-bond acceptors (Lipinski definition) is 2. The first-order valence-corrected chi connectivity index (χ1v) is 9.19. The van der Waals surface area contributed by atoms with Crippen LogP contribution in [0.2, 0.25) is 0 Å². The smallest absolute Gasteiger partial charge is 0.304 e. The summed E-state index contributed by atoms with van der Waals surface area (Å²) >= 11 is 0. The third-order valence-electron chi connectivity index (χ3n) is 3.05. The zero-order valence-electron chi connectivity index (χ0n) is 14.7. The van der Waals surface area contributed by atoms with Crippen molar-refractivity contribution in [1.29, 1.82) is 0 Å². The van der Waals surface area contributed by atoms with E-state index in [1.165, 1.54) is 11.1 Å². The Hall–Kier alpha value is -1.68. The molecule has 0 heterocycles. The van der Waals surface area contributed by atoms with Crippen LogP contribution in [0.15, 0.2) is 67.2 Å². The fraction of sp³-hybridized carbons (Fsp3) is 0.300. The quantitative estimate of drug-likeness (QED) is 0.722. The Balaban J connectivity index is 0.000000257. The van der Waals surface area contributed by atoms with Crippen molar-refractivity contribution in [2.75, 3.05) is 0 Å². The molecule has 0 radical (unpaired) electrons. The van der Waals surface area contributed by atoms with Gasteiger partial charge in [-0.15, -0.1) is 0 Å². The van der Waals surface area contributed by atoms with E-state index in [1.54, 1.807) is 0 Å². The molecular weight excluding hydrogens is 300 g/mol. The van der Waals surface area contributed by atoms with Crippen molar-refractivity contribution in [2.45, 2.75) is 39.9 Å². The zero-order chi connectivity index (χ0) is 17.1. The van der Waals surface area contributed by atoms with Crippen molar-refractivity contribution in [3.8, 4) is 0 Å². The van der Waals surface area contributed by atoms with Gasteiger partial charge in [0.2, 0.25) is 0 Å². The maximum Gasteiger partial charge on any atom is 0.304 e. The summed E-state index contributed by atoms with van der Waals surface area (Å²) in [6.45, 7) is 12.2. The number of rotatable bonds is 6. The highest BCUT2D eigenvalue weighted by Crippen LogP contribution is 2.20. The second-order valence-electron chi connectivity index (χ2n) is 5.76. The topological polar surface area (TPSA) is 18.5 Å². The van der Waals surface area contributed by atoms with Gasteiger partial charge >= 0.3 is 10.0 Å². The highest BCUT2D eigenvalue weighted by Gasteiger charge is 1.99. The number of benzene rings is 2. The SMILES string of the molecule is C=C(c1ccccc1)c1ccccc1.CC(C)O[SiH2]OC(C)C. The second-order valence-corrected chi connectivity index (χ2v) is 6.66. The molecule has 0 amide bonds. The Morgan fingerprint density at radius 1 is 0.739 bits per heavy atom. The minimum absolute atomic E-state index is 0.329. The van der Waals surface area contributed by atoms with Gasteiger partial charge in [-0.1, -0.05) is 67.2 Å². The maximum atomic E-state index is 5.27. The van der Waals surface area contributed by atoms with Crippen molar-refractivity contribution < 1.29 is 8.85 Å². The van der Waals surface area contributed by atoms with Gasteiger partial charge in [0, 0.05) is 12.2 Å². The van der Waals surface area contributed by atoms with Gasteiger partial charge in [-0.3, -0.25) is 0 Å². The highest BCUT2D eigenvalue weighted by atomic mass is 28.3. The molecule has 0 aromatic heterocycles.